The van der Waals surface area contributed by atoms with E-state index in [9.17, 15) is 13.2 Å². The molecule has 0 atom stereocenters. The first-order valence-electron chi connectivity index (χ1n) is 4.86. The molecule has 96 valence electrons. The zero-order valence-corrected chi connectivity index (χ0v) is 10.4. The van der Waals surface area contributed by atoms with Gasteiger partial charge < -0.3 is 15.4 Å². The van der Waals surface area contributed by atoms with Crippen LogP contribution in [0.5, 0.6) is 0 Å². The number of hydrogen-bond donors (Lipinski definition) is 3. The van der Waals surface area contributed by atoms with Crippen LogP contribution in [-0.4, -0.2) is 60.5 Å². The number of sulfonamides is 1. The minimum Gasteiger partial charge on any atom is -0.383 e. The molecule has 0 aromatic rings. The third-order valence-corrected chi connectivity index (χ3v) is 2.31. The molecule has 0 unspecified atom stereocenters. The fourth-order valence-corrected chi connectivity index (χ4v) is 1.35. The minimum atomic E-state index is -3.18. The molecule has 0 aromatic carbocycles. The second-order valence-corrected chi connectivity index (χ2v) is 5.02. The van der Waals surface area contributed by atoms with Crippen molar-refractivity contribution in [3.8, 4) is 0 Å². The topological polar surface area (TPSA) is 96.5 Å². The Balaban J connectivity index is 3.37. The molecule has 0 aliphatic heterocycles. The van der Waals surface area contributed by atoms with Gasteiger partial charge in [-0.1, -0.05) is 0 Å². The molecule has 0 aliphatic carbocycles. The summed E-state index contributed by atoms with van der Waals surface area (Å²) in [5.74, 6) is -0.175. The second kappa shape index (κ2) is 8.45. The van der Waals surface area contributed by atoms with Gasteiger partial charge in [0, 0.05) is 26.7 Å². The molecule has 8 heteroatoms. The Morgan fingerprint density at radius 1 is 1.25 bits per heavy atom. The Kier molecular flexibility index (Phi) is 8.08. The summed E-state index contributed by atoms with van der Waals surface area (Å²) in [5, 5.41) is 5.43. The summed E-state index contributed by atoms with van der Waals surface area (Å²) < 4.78 is 28.4. The van der Waals surface area contributed by atoms with Crippen LogP contribution in [0.15, 0.2) is 0 Å². The first-order chi connectivity index (χ1) is 7.45. The molecule has 7 nitrogen and oxygen atoms in total. The standard InChI is InChI=1S/C8H19N3O4S/c1-15-6-5-9-7-8(12)10-3-4-11-16(2,13)14/h9,11H,3-7H2,1-2H3,(H,10,12). The number of ether oxygens (including phenoxy) is 1. The highest BCUT2D eigenvalue weighted by molar-refractivity contribution is 7.88. The number of methoxy groups -OCH3 is 1. The van der Waals surface area contributed by atoms with E-state index in [0.717, 1.165) is 6.26 Å². The van der Waals surface area contributed by atoms with Gasteiger partial charge in [0.25, 0.3) is 0 Å². The quantitative estimate of drug-likeness (QED) is 0.409. The Bertz CT molecular complexity index is 292. The Morgan fingerprint density at radius 3 is 2.50 bits per heavy atom. The van der Waals surface area contributed by atoms with Crippen molar-refractivity contribution in [2.24, 2.45) is 0 Å². The number of rotatable bonds is 9. The van der Waals surface area contributed by atoms with Crippen LogP contribution < -0.4 is 15.4 Å². The average molecular weight is 253 g/mol. The van der Waals surface area contributed by atoms with Crippen molar-refractivity contribution in [2.45, 2.75) is 0 Å². The molecular formula is C8H19N3O4S. The van der Waals surface area contributed by atoms with Gasteiger partial charge in [-0.15, -0.1) is 0 Å². The summed E-state index contributed by atoms with van der Waals surface area (Å²) >= 11 is 0. The lowest BCUT2D eigenvalue weighted by atomic mass is 10.5. The van der Waals surface area contributed by atoms with Crippen molar-refractivity contribution < 1.29 is 17.9 Å². The lowest BCUT2D eigenvalue weighted by Gasteiger charge is -2.06. The van der Waals surface area contributed by atoms with Crippen LogP contribution in [-0.2, 0) is 19.6 Å². The lowest BCUT2D eigenvalue weighted by Crippen LogP contribution is -2.39. The maximum Gasteiger partial charge on any atom is 0.234 e. The van der Waals surface area contributed by atoms with Crippen molar-refractivity contribution >= 4 is 15.9 Å². The van der Waals surface area contributed by atoms with Crippen LogP contribution >= 0.6 is 0 Å². The maximum atomic E-state index is 11.1. The summed E-state index contributed by atoms with van der Waals surface area (Å²) in [6.07, 6.45) is 1.07. The van der Waals surface area contributed by atoms with Crippen LogP contribution in [0.1, 0.15) is 0 Å². The highest BCUT2D eigenvalue weighted by Gasteiger charge is 2.01. The molecule has 0 aliphatic rings. The second-order valence-electron chi connectivity index (χ2n) is 3.19. The van der Waals surface area contributed by atoms with E-state index >= 15 is 0 Å². The zero-order valence-electron chi connectivity index (χ0n) is 9.58. The van der Waals surface area contributed by atoms with Gasteiger partial charge in [0.15, 0.2) is 0 Å². The largest absolute Gasteiger partial charge is 0.383 e. The van der Waals surface area contributed by atoms with E-state index in [2.05, 4.69) is 15.4 Å². The van der Waals surface area contributed by atoms with Crippen molar-refractivity contribution in [1.29, 1.82) is 0 Å². The predicted octanol–water partition coefficient (Wildman–Crippen LogP) is -2.11. The highest BCUT2D eigenvalue weighted by Crippen LogP contribution is 1.72. The Labute approximate surface area is 96.0 Å². The Hall–Kier alpha value is -0.700. The maximum absolute atomic E-state index is 11.1. The molecular weight excluding hydrogens is 234 g/mol. The first-order valence-corrected chi connectivity index (χ1v) is 6.76. The fourth-order valence-electron chi connectivity index (χ4n) is 0.877. The van der Waals surface area contributed by atoms with E-state index < -0.39 is 10.0 Å². The van der Waals surface area contributed by atoms with Crippen molar-refractivity contribution in [3.63, 3.8) is 0 Å². The number of hydrogen-bond acceptors (Lipinski definition) is 5. The van der Waals surface area contributed by atoms with Gasteiger partial charge >= 0.3 is 0 Å². The number of nitrogens with one attached hydrogen (secondary N) is 3. The minimum absolute atomic E-state index is 0.175. The summed E-state index contributed by atoms with van der Waals surface area (Å²) in [6, 6.07) is 0. The van der Waals surface area contributed by atoms with Gasteiger partial charge in [0.05, 0.1) is 19.4 Å². The van der Waals surface area contributed by atoms with Gasteiger partial charge in [-0.05, 0) is 0 Å². The number of carbonyl (C=O) groups is 1. The molecule has 0 saturated carbocycles. The van der Waals surface area contributed by atoms with Crippen molar-refractivity contribution in [2.75, 3.05) is 46.2 Å². The SMILES string of the molecule is COCCNCC(=O)NCCNS(C)(=O)=O. The van der Waals surface area contributed by atoms with Gasteiger partial charge in [-0.2, -0.15) is 0 Å². The molecule has 0 spiro atoms. The molecule has 0 bridgehead atoms. The van der Waals surface area contributed by atoms with Gasteiger partial charge in [-0.3, -0.25) is 4.79 Å². The monoisotopic (exact) mass is 253 g/mol. The van der Waals surface area contributed by atoms with Gasteiger partial charge in [0.2, 0.25) is 15.9 Å². The zero-order chi connectivity index (χ0) is 12.4. The van der Waals surface area contributed by atoms with Crippen LogP contribution in [0.2, 0.25) is 0 Å². The van der Waals surface area contributed by atoms with E-state index in [1.807, 2.05) is 0 Å². The van der Waals surface area contributed by atoms with E-state index in [1.54, 1.807) is 7.11 Å². The number of carbonyl (C=O) groups excluding carboxylic acids is 1. The van der Waals surface area contributed by atoms with E-state index in [0.29, 0.717) is 13.2 Å². The van der Waals surface area contributed by atoms with Gasteiger partial charge in [-0.25, -0.2) is 13.1 Å². The molecule has 1 amide bonds. The van der Waals surface area contributed by atoms with Crippen LogP contribution in [0.3, 0.4) is 0 Å². The molecule has 0 fully saturated rings. The third kappa shape index (κ3) is 11.4. The smallest absolute Gasteiger partial charge is 0.234 e. The fraction of sp³-hybridized carbons (Fsp3) is 0.875. The number of amides is 1. The van der Waals surface area contributed by atoms with Crippen LogP contribution in [0.4, 0.5) is 0 Å². The van der Waals surface area contributed by atoms with Crippen LogP contribution in [0, 0.1) is 0 Å². The molecule has 0 heterocycles. The lowest BCUT2D eigenvalue weighted by molar-refractivity contribution is -0.120. The van der Waals surface area contributed by atoms with Crippen LogP contribution in [0.25, 0.3) is 0 Å². The molecule has 0 rings (SSSR count). The molecule has 0 radical (unpaired) electrons. The Morgan fingerprint density at radius 2 is 1.94 bits per heavy atom. The van der Waals surface area contributed by atoms with E-state index in [4.69, 9.17) is 4.74 Å². The van der Waals surface area contributed by atoms with Crippen molar-refractivity contribution in [1.82, 2.24) is 15.4 Å². The molecule has 3 N–H and O–H groups in total. The molecule has 0 saturated heterocycles. The summed E-state index contributed by atoms with van der Waals surface area (Å²) in [6.45, 7) is 1.82. The van der Waals surface area contributed by atoms with E-state index in [1.165, 1.54) is 0 Å². The predicted molar refractivity (Wildman–Crippen MR) is 60.6 cm³/mol. The normalized spacial score (nSPS) is 11.4. The first kappa shape index (κ1) is 15.3. The summed E-state index contributed by atoms with van der Waals surface area (Å²) in [5.41, 5.74) is 0. The summed E-state index contributed by atoms with van der Waals surface area (Å²) in [7, 11) is -1.60. The molecule has 16 heavy (non-hydrogen) atoms. The average Bonchev–Trinajstić information content (AvgIpc) is 2.18. The third-order valence-electron chi connectivity index (χ3n) is 1.58. The van der Waals surface area contributed by atoms with Gasteiger partial charge in [0.1, 0.15) is 0 Å². The van der Waals surface area contributed by atoms with Crippen molar-refractivity contribution in [3.05, 3.63) is 0 Å². The highest BCUT2D eigenvalue weighted by atomic mass is 32.2. The molecule has 0 aromatic heterocycles. The van der Waals surface area contributed by atoms with E-state index in [-0.39, 0.29) is 25.5 Å². The summed E-state index contributed by atoms with van der Waals surface area (Å²) in [4.78, 5) is 11.1.